The molecule has 4 rings (SSSR count). The maximum absolute atomic E-state index is 11.8. The van der Waals surface area contributed by atoms with E-state index in [9.17, 15) is 9.59 Å². The van der Waals surface area contributed by atoms with Gasteiger partial charge >= 0.3 is 0 Å². The third-order valence-corrected chi connectivity index (χ3v) is 5.42. The molecule has 0 fully saturated rings. The zero-order chi connectivity index (χ0) is 25.6. The first-order chi connectivity index (χ1) is 16.8. The normalized spacial score (nSPS) is 9.36. The van der Waals surface area contributed by atoms with Crippen LogP contribution < -0.4 is 0 Å². The molecule has 1 amide bonds. The number of pyridine rings is 2. The number of halogens is 3. The topological polar surface area (TPSA) is 124 Å². The van der Waals surface area contributed by atoms with Crippen molar-refractivity contribution in [1.82, 2.24) is 35.0 Å². The lowest BCUT2D eigenvalue weighted by Gasteiger charge is -2.12. The number of hydroxylamine groups is 2. The molecule has 0 saturated heterocycles. The van der Waals surface area contributed by atoms with Crippen molar-refractivity contribution in [2.24, 2.45) is 0 Å². The molecule has 13 heteroatoms. The molecule has 188 valence electrons. The van der Waals surface area contributed by atoms with E-state index in [1.165, 1.54) is 51.6 Å². The summed E-state index contributed by atoms with van der Waals surface area (Å²) in [7, 11) is 2.94. The molecule has 4 aromatic heterocycles. The van der Waals surface area contributed by atoms with E-state index in [1.807, 2.05) is 12.1 Å². The lowest BCUT2D eigenvalue weighted by atomic mass is 10.1. The summed E-state index contributed by atoms with van der Waals surface area (Å²) in [5.41, 5.74) is 1.22. The van der Waals surface area contributed by atoms with Gasteiger partial charge in [0.25, 0.3) is 5.91 Å². The Labute approximate surface area is 239 Å². The van der Waals surface area contributed by atoms with Gasteiger partial charge in [0.05, 0.1) is 18.2 Å². The van der Waals surface area contributed by atoms with Crippen molar-refractivity contribution < 1.29 is 14.4 Å². The number of rotatable bonds is 4. The first kappa shape index (κ1) is 31.3. The molecular weight excluding hydrogens is 709 g/mol. The fourth-order valence-electron chi connectivity index (χ4n) is 2.11. The molecule has 4 aromatic rings. The summed E-state index contributed by atoms with van der Waals surface area (Å²) in [5, 5.41) is 1.11. The first-order valence-electron chi connectivity index (χ1n) is 9.57. The van der Waals surface area contributed by atoms with Crippen molar-refractivity contribution in [3.63, 3.8) is 0 Å². The van der Waals surface area contributed by atoms with E-state index in [0.717, 1.165) is 17.7 Å². The number of amides is 1. The van der Waals surface area contributed by atoms with Crippen molar-refractivity contribution in [2.45, 2.75) is 7.43 Å². The van der Waals surface area contributed by atoms with Gasteiger partial charge < -0.3 is 0 Å². The van der Waals surface area contributed by atoms with Gasteiger partial charge in [-0.1, -0.05) is 7.43 Å². The van der Waals surface area contributed by atoms with Crippen molar-refractivity contribution in [3.8, 4) is 0 Å². The Kier molecular flexibility index (Phi) is 14.6. The number of hydrogen-bond donors (Lipinski definition) is 0. The van der Waals surface area contributed by atoms with Gasteiger partial charge in [-0.2, -0.15) is 0 Å². The van der Waals surface area contributed by atoms with Gasteiger partial charge in [-0.15, -0.1) is 0 Å². The second-order valence-electron chi connectivity index (χ2n) is 6.23. The van der Waals surface area contributed by atoms with Crippen LogP contribution in [0.1, 0.15) is 33.8 Å². The van der Waals surface area contributed by atoms with Gasteiger partial charge in [-0.05, 0) is 78.7 Å². The highest BCUT2D eigenvalue weighted by atomic mass is 127. The van der Waals surface area contributed by atoms with E-state index in [-0.39, 0.29) is 19.1 Å². The smallest absolute Gasteiger partial charge is 0.280 e. The van der Waals surface area contributed by atoms with Crippen LogP contribution in [-0.2, 0) is 4.84 Å². The number of carbonyl (C=O) groups is 2. The monoisotopic (exact) mass is 729 g/mol. The summed E-state index contributed by atoms with van der Waals surface area (Å²) in [4.78, 5) is 50.8. The summed E-state index contributed by atoms with van der Waals surface area (Å²) >= 11 is 8.70. The first-order valence-corrected chi connectivity index (χ1v) is 12.2. The van der Waals surface area contributed by atoms with Crippen LogP contribution in [0.4, 0.5) is 0 Å². The summed E-state index contributed by atoms with van der Waals surface area (Å²) in [5.74, 6) is -0.443. The van der Waals surface area contributed by atoms with Gasteiger partial charge in [0.2, 0.25) is 5.78 Å². The summed E-state index contributed by atoms with van der Waals surface area (Å²) in [6, 6.07) is 7.34. The lowest BCUT2D eigenvalue weighted by molar-refractivity contribution is -0.0757. The molecule has 0 aliphatic rings. The SMILES string of the molecule is Brc1ccc(I)nc1.C.CON(C)C(=O)c1cncnc1.O=C(c1cncnc1)c1ccc(Br)cn1. The quantitative estimate of drug-likeness (QED) is 0.123. The predicted octanol–water partition coefficient (Wildman–Crippen LogP) is 5.06. The van der Waals surface area contributed by atoms with Crippen molar-refractivity contribution in [3.05, 3.63) is 104 Å². The minimum absolute atomic E-state index is 0. The Morgan fingerprint density at radius 2 is 1.31 bits per heavy atom. The molecule has 10 nitrogen and oxygen atoms in total. The van der Waals surface area contributed by atoms with Crippen LogP contribution in [0.25, 0.3) is 0 Å². The average Bonchev–Trinajstić information content (AvgIpc) is 2.91. The summed E-state index contributed by atoms with van der Waals surface area (Å²) in [6.45, 7) is 0. The van der Waals surface area contributed by atoms with Crippen molar-refractivity contribution >= 4 is 66.1 Å². The number of hydrogen-bond acceptors (Lipinski definition) is 9. The second-order valence-corrected chi connectivity index (χ2v) is 9.17. The van der Waals surface area contributed by atoms with Crippen LogP contribution in [0.2, 0.25) is 0 Å². The molecule has 0 atom stereocenters. The molecular formula is C23H22Br2IN7O3. The maximum atomic E-state index is 11.8. The zero-order valence-electron chi connectivity index (χ0n) is 18.4. The van der Waals surface area contributed by atoms with Crippen molar-refractivity contribution in [1.29, 1.82) is 0 Å². The Morgan fingerprint density at radius 3 is 1.72 bits per heavy atom. The Hall–Kier alpha value is -2.75. The molecule has 0 unspecified atom stereocenters. The Bertz CT molecular complexity index is 1180. The zero-order valence-corrected chi connectivity index (χ0v) is 23.7. The van der Waals surface area contributed by atoms with E-state index < -0.39 is 0 Å². The fraction of sp³-hybridized carbons (Fsp3) is 0.130. The largest absolute Gasteiger partial charge is 0.287 e. The molecule has 0 saturated carbocycles. The average molecular weight is 731 g/mol. The predicted molar refractivity (Wildman–Crippen MR) is 150 cm³/mol. The van der Waals surface area contributed by atoms with E-state index >= 15 is 0 Å². The summed E-state index contributed by atoms with van der Waals surface area (Å²) < 4.78 is 2.88. The van der Waals surface area contributed by atoms with Crippen LogP contribution in [0, 0.1) is 3.70 Å². The van der Waals surface area contributed by atoms with Gasteiger partial charge in [-0.25, -0.2) is 30.0 Å². The second kappa shape index (κ2) is 16.8. The Morgan fingerprint density at radius 1 is 0.806 bits per heavy atom. The van der Waals surface area contributed by atoms with Gasteiger partial charge in [0.1, 0.15) is 22.0 Å². The maximum Gasteiger partial charge on any atom is 0.280 e. The minimum Gasteiger partial charge on any atom is -0.287 e. The van der Waals surface area contributed by atoms with Gasteiger partial charge in [-0.3, -0.25) is 19.4 Å². The molecule has 0 aliphatic carbocycles. The standard InChI is InChI=1S/C10H6BrN3O.C7H9N3O2.C5H3BrIN.CH4/c11-8-1-2-9(14-5-8)10(15)7-3-12-6-13-4-7;1-10(12-2)7(11)6-3-8-5-9-4-6;6-4-1-2-5(7)8-3-4;/h1-6H;3-5H,1-2H3;1-3H;1H4. The molecule has 0 radical (unpaired) electrons. The van der Waals surface area contributed by atoms with Crippen molar-refractivity contribution in [2.75, 3.05) is 14.2 Å². The van der Waals surface area contributed by atoms with Crippen LogP contribution in [-0.4, -0.2) is 60.8 Å². The van der Waals surface area contributed by atoms with Gasteiger partial charge in [0, 0.05) is 53.2 Å². The molecule has 36 heavy (non-hydrogen) atoms. The van der Waals surface area contributed by atoms with Crippen LogP contribution >= 0.6 is 54.5 Å². The van der Waals surface area contributed by atoms with E-state index in [0.29, 0.717) is 16.8 Å². The number of nitrogens with zero attached hydrogens (tertiary/aromatic N) is 7. The molecule has 0 aliphatic heterocycles. The number of carbonyl (C=O) groups excluding carboxylic acids is 2. The lowest BCUT2D eigenvalue weighted by Crippen LogP contribution is -2.25. The highest BCUT2D eigenvalue weighted by molar-refractivity contribution is 14.1. The van der Waals surface area contributed by atoms with Crippen LogP contribution in [0.5, 0.6) is 0 Å². The Balaban J connectivity index is 0.000000279. The summed E-state index contributed by atoms with van der Waals surface area (Å²) in [6.07, 6.45) is 11.9. The van der Waals surface area contributed by atoms with E-state index in [4.69, 9.17) is 4.84 Å². The van der Waals surface area contributed by atoms with Crippen LogP contribution in [0.3, 0.4) is 0 Å². The van der Waals surface area contributed by atoms with E-state index in [1.54, 1.807) is 24.5 Å². The van der Waals surface area contributed by atoms with Gasteiger partial charge in [0.15, 0.2) is 0 Å². The van der Waals surface area contributed by atoms with Crippen LogP contribution in [0.15, 0.2) is 83.0 Å². The fourth-order valence-corrected chi connectivity index (χ4v) is 2.89. The molecule has 0 N–H and O–H groups in total. The highest BCUT2D eigenvalue weighted by Gasteiger charge is 2.11. The van der Waals surface area contributed by atoms with E-state index in [2.05, 4.69) is 84.4 Å². The molecule has 4 heterocycles. The minimum atomic E-state index is -0.266. The molecule has 0 spiro atoms. The molecule has 0 aromatic carbocycles. The third-order valence-electron chi connectivity index (χ3n) is 3.84. The number of aromatic nitrogens is 6. The third kappa shape index (κ3) is 10.9. The highest BCUT2D eigenvalue weighted by Crippen LogP contribution is 2.10. The number of ketones is 1. The molecule has 0 bridgehead atoms.